The molecule has 0 radical (unpaired) electrons. The molecule has 0 aromatic heterocycles. The highest BCUT2D eigenvalue weighted by atomic mass is 16.4. The van der Waals surface area contributed by atoms with Crippen molar-refractivity contribution in [2.45, 2.75) is 30.9 Å². The maximum atomic E-state index is 11.4. The van der Waals surface area contributed by atoms with Gasteiger partial charge in [0.15, 0.2) is 0 Å². The first kappa shape index (κ1) is 13.8. The summed E-state index contributed by atoms with van der Waals surface area (Å²) in [6, 6.07) is 9.42. The van der Waals surface area contributed by atoms with Gasteiger partial charge in [0.25, 0.3) is 0 Å². The van der Waals surface area contributed by atoms with Crippen LogP contribution in [0.1, 0.15) is 18.9 Å². The molecular formula is C14H19NO4. The highest BCUT2D eigenvalue weighted by molar-refractivity contribution is 5.67. The van der Waals surface area contributed by atoms with Crippen molar-refractivity contribution in [3.05, 3.63) is 35.9 Å². The van der Waals surface area contributed by atoms with Crippen LogP contribution in [0.5, 0.6) is 0 Å². The van der Waals surface area contributed by atoms with Gasteiger partial charge in [-0.25, -0.2) is 4.79 Å². The lowest BCUT2D eigenvalue weighted by Gasteiger charge is -2.35. The molecule has 1 aliphatic rings. The molecule has 3 N–H and O–H groups in total. The Morgan fingerprint density at radius 1 is 1.37 bits per heavy atom. The SMILES string of the molecule is C[C@@]1(O)CN(C(=O)O)[C@@](CO)(Cc2ccccc2)C1. The third-order valence-electron chi connectivity index (χ3n) is 3.68. The summed E-state index contributed by atoms with van der Waals surface area (Å²) < 4.78 is 0. The first-order valence-electron chi connectivity index (χ1n) is 6.26. The zero-order valence-corrected chi connectivity index (χ0v) is 10.9. The van der Waals surface area contributed by atoms with Gasteiger partial charge in [-0.15, -0.1) is 0 Å². The molecule has 5 nitrogen and oxygen atoms in total. The van der Waals surface area contributed by atoms with E-state index in [1.165, 1.54) is 4.90 Å². The molecule has 1 heterocycles. The molecule has 5 heteroatoms. The fraction of sp³-hybridized carbons (Fsp3) is 0.500. The number of hydrogen-bond donors (Lipinski definition) is 3. The third-order valence-corrected chi connectivity index (χ3v) is 3.68. The van der Waals surface area contributed by atoms with Crippen molar-refractivity contribution in [2.75, 3.05) is 13.2 Å². The molecule has 0 saturated carbocycles. The van der Waals surface area contributed by atoms with Gasteiger partial charge >= 0.3 is 6.09 Å². The molecule has 0 spiro atoms. The predicted molar refractivity (Wildman–Crippen MR) is 69.9 cm³/mol. The number of β-amino-alcohol motifs (C(OH)–C–C–N with tert-alkyl or cyclic N) is 1. The van der Waals surface area contributed by atoms with Crippen LogP contribution in [0.3, 0.4) is 0 Å². The summed E-state index contributed by atoms with van der Waals surface area (Å²) in [5.41, 5.74) is -1.10. The van der Waals surface area contributed by atoms with Crippen LogP contribution in [0, 0.1) is 0 Å². The summed E-state index contributed by atoms with van der Waals surface area (Å²) in [5.74, 6) is 0. The van der Waals surface area contributed by atoms with E-state index in [4.69, 9.17) is 0 Å². The highest BCUT2D eigenvalue weighted by Gasteiger charge is 2.52. The minimum atomic E-state index is -1.11. The van der Waals surface area contributed by atoms with E-state index in [9.17, 15) is 20.1 Å². The van der Waals surface area contributed by atoms with Crippen LogP contribution in [-0.4, -0.2) is 50.6 Å². The van der Waals surface area contributed by atoms with Crippen LogP contribution in [0.4, 0.5) is 4.79 Å². The van der Waals surface area contributed by atoms with Crippen molar-refractivity contribution in [1.29, 1.82) is 0 Å². The predicted octanol–water partition coefficient (Wildman–Crippen LogP) is 1.09. The number of hydrogen-bond acceptors (Lipinski definition) is 3. The molecule has 2 atom stereocenters. The second-order valence-electron chi connectivity index (χ2n) is 5.59. The standard InChI is InChI=1S/C14H19NO4/c1-13(19)8-14(10-16,15(9-13)12(17)18)7-11-5-3-2-4-6-11/h2-6,16,19H,7-10H2,1H3,(H,17,18)/t13-,14-/m0/s1. The van der Waals surface area contributed by atoms with Crippen LogP contribution in [0.15, 0.2) is 30.3 Å². The quantitative estimate of drug-likeness (QED) is 0.764. The van der Waals surface area contributed by atoms with Crippen molar-refractivity contribution in [3.63, 3.8) is 0 Å². The van der Waals surface area contributed by atoms with E-state index < -0.39 is 17.2 Å². The topological polar surface area (TPSA) is 81.0 Å². The van der Waals surface area contributed by atoms with Gasteiger partial charge in [-0.05, 0) is 18.9 Å². The Kier molecular flexibility index (Phi) is 3.52. The Morgan fingerprint density at radius 2 is 2.00 bits per heavy atom. The molecule has 104 valence electrons. The number of likely N-dealkylation sites (tertiary alicyclic amines) is 1. The van der Waals surface area contributed by atoms with Gasteiger partial charge in [-0.3, -0.25) is 4.90 Å². The molecule has 2 rings (SSSR count). The molecule has 0 unspecified atom stereocenters. The van der Waals surface area contributed by atoms with Gasteiger partial charge in [-0.1, -0.05) is 30.3 Å². The van der Waals surface area contributed by atoms with Crippen molar-refractivity contribution in [2.24, 2.45) is 0 Å². The van der Waals surface area contributed by atoms with Crippen molar-refractivity contribution < 1.29 is 20.1 Å². The van der Waals surface area contributed by atoms with Crippen LogP contribution in [0.25, 0.3) is 0 Å². The molecule has 1 amide bonds. The van der Waals surface area contributed by atoms with Crippen LogP contribution in [-0.2, 0) is 6.42 Å². The van der Waals surface area contributed by atoms with Gasteiger partial charge in [0.05, 0.1) is 24.3 Å². The summed E-state index contributed by atoms with van der Waals surface area (Å²) in [4.78, 5) is 12.5. The van der Waals surface area contributed by atoms with E-state index in [-0.39, 0.29) is 19.6 Å². The molecule has 1 saturated heterocycles. The maximum Gasteiger partial charge on any atom is 0.407 e. The molecular weight excluding hydrogens is 246 g/mol. The monoisotopic (exact) mass is 265 g/mol. The largest absolute Gasteiger partial charge is 0.465 e. The highest BCUT2D eigenvalue weighted by Crippen LogP contribution is 2.38. The smallest absolute Gasteiger partial charge is 0.407 e. The van der Waals surface area contributed by atoms with Gasteiger partial charge in [0, 0.05) is 6.42 Å². The van der Waals surface area contributed by atoms with E-state index in [0.29, 0.717) is 6.42 Å². The molecule has 1 fully saturated rings. The zero-order chi connectivity index (χ0) is 14.1. The summed E-state index contributed by atoms with van der Waals surface area (Å²) in [7, 11) is 0. The summed E-state index contributed by atoms with van der Waals surface area (Å²) in [6.45, 7) is 1.32. The summed E-state index contributed by atoms with van der Waals surface area (Å²) >= 11 is 0. The van der Waals surface area contributed by atoms with Gasteiger partial charge in [-0.2, -0.15) is 0 Å². The maximum absolute atomic E-state index is 11.4. The number of nitrogens with zero attached hydrogens (tertiary/aromatic N) is 1. The Labute approximate surface area is 112 Å². The number of carbonyl (C=O) groups is 1. The Hall–Kier alpha value is -1.59. The lowest BCUT2D eigenvalue weighted by atomic mass is 9.85. The van der Waals surface area contributed by atoms with E-state index >= 15 is 0 Å². The molecule has 19 heavy (non-hydrogen) atoms. The molecule has 1 aromatic carbocycles. The molecule has 1 aliphatic heterocycles. The first-order valence-corrected chi connectivity index (χ1v) is 6.26. The number of benzene rings is 1. The first-order chi connectivity index (χ1) is 8.88. The fourth-order valence-corrected chi connectivity index (χ4v) is 2.97. The van der Waals surface area contributed by atoms with Gasteiger partial charge < -0.3 is 15.3 Å². The summed E-state index contributed by atoms with van der Waals surface area (Å²) in [5, 5.41) is 29.1. The minimum absolute atomic E-state index is 0.0235. The molecule has 0 aliphatic carbocycles. The molecule has 0 bridgehead atoms. The Morgan fingerprint density at radius 3 is 2.53 bits per heavy atom. The van der Waals surface area contributed by atoms with Crippen molar-refractivity contribution in [3.8, 4) is 0 Å². The zero-order valence-electron chi connectivity index (χ0n) is 10.9. The number of aliphatic hydroxyl groups is 2. The van der Waals surface area contributed by atoms with Crippen LogP contribution < -0.4 is 0 Å². The summed E-state index contributed by atoms with van der Waals surface area (Å²) in [6.07, 6.45) is -0.479. The lowest BCUT2D eigenvalue weighted by molar-refractivity contribution is 0.0590. The molecule has 1 aromatic rings. The van der Waals surface area contributed by atoms with Crippen LogP contribution >= 0.6 is 0 Å². The Bertz CT molecular complexity index is 460. The van der Waals surface area contributed by atoms with Crippen molar-refractivity contribution in [1.82, 2.24) is 4.90 Å². The third kappa shape index (κ3) is 2.72. The van der Waals surface area contributed by atoms with Gasteiger partial charge in [0.2, 0.25) is 0 Å². The van der Waals surface area contributed by atoms with Crippen molar-refractivity contribution >= 4 is 6.09 Å². The second kappa shape index (κ2) is 4.83. The lowest BCUT2D eigenvalue weighted by Crippen LogP contribution is -2.51. The number of amides is 1. The average molecular weight is 265 g/mol. The van der Waals surface area contributed by atoms with E-state index in [1.807, 2.05) is 30.3 Å². The number of aliphatic hydroxyl groups excluding tert-OH is 1. The normalized spacial score (nSPS) is 30.6. The second-order valence-corrected chi connectivity index (χ2v) is 5.59. The fourth-order valence-electron chi connectivity index (χ4n) is 2.97. The average Bonchev–Trinajstić information content (AvgIpc) is 2.63. The van der Waals surface area contributed by atoms with Crippen LogP contribution in [0.2, 0.25) is 0 Å². The van der Waals surface area contributed by atoms with E-state index in [0.717, 1.165) is 5.56 Å². The Balaban J connectivity index is 2.32. The number of carboxylic acid groups (broad SMARTS) is 1. The van der Waals surface area contributed by atoms with Gasteiger partial charge in [0.1, 0.15) is 0 Å². The minimum Gasteiger partial charge on any atom is -0.465 e. The van der Waals surface area contributed by atoms with E-state index in [2.05, 4.69) is 0 Å². The number of rotatable bonds is 3. The van der Waals surface area contributed by atoms with E-state index in [1.54, 1.807) is 6.92 Å².